The van der Waals surface area contributed by atoms with Crippen molar-refractivity contribution in [3.05, 3.63) is 12.2 Å². The first-order chi connectivity index (χ1) is 6.49. The van der Waals surface area contributed by atoms with Gasteiger partial charge in [0.25, 0.3) is 0 Å². The first-order valence-corrected chi connectivity index (χ1v) is 5.00. The highest BCUT2D eigenvalue weighted by Crippen LogP contribution is 1.89. The molecule has 0 N–H and O–H groups in total. The molecule has 0 rings (SSSR count). The molecule has 0 aromatic heterocycles. The predicted molar refractivity (Wildman–Crippen MR) is 67.5 cm³/mol. The van der Waals surface area contributed by atoms with E-state index in [4.69, 9.17) is 0 Å². The number of esters is 1. The van der Waals surface area contributed by atoms with Crippen molar-refractivity contribution in [3.8, 4) is 0 Å². The van der Waals surface area contributed by atoms with Crippen LogP contribution in [0.1, 0.15) is 27.7 Å². The highest BCUT2D eigenvalue weighted by molar-refractivity contribution is 5.86. The lowest BCUT2D eigenvalue weighted by Gasteiger charge is -2.07. The maximum Gasteiger partial charge on any atom is 0.333 e. The summed E-state index contributed by atoms with van der Waals surface area (Å²) in [5, 5.41) is 0. The van der Waals surface area contributed by atoms with Crippen LogP contribution in [0.4, 0.5) is 0 Å². The van der Waals surface area contributed by atoms with Gasteiger partial charge < -0.3 is 9.64 Å². The minimum atomic E-state index is -0.312. The summed E-state index contributed by atoms with van der Waals surface area (Å²) in [5.41, 5.74) is 0.451. The van der Waals surface area contributed by atoms with Crippen LogP contribution in [-0.4, -0.2) is 37.6 Å². The van der Waals surface area contributed by atoms with Crippen LogP contribution in [-0.2, 0) is 9.53 Å². The molecule has 0 amide bonds. The van der Waals surface area contributed by atoms with E-state index in [1.54, 1.807) is 13.8 Å². The topological polar surface area (TPSA) is 29.5 Å². The maximum absolute atomic E-state index is 10.4. The number of carbonyl (C=O) groups is 1. The fourth-order valence-electron chi connectivity index (χ4n) is 0.478. The van der Waals surface area contributed by atoms with E-state index in [9.17, 15) is 4.79 Å². The molecule has 92 valence electrons. The van der Waals surface area contributed by atoms with Gasteiger partial charge in [-0.1, -0.05) is 20.4 Å². The summed E-state index contributed by atoms with van der Waals surface area (Å²) in [6, 6.07) is 0. The van der Waals surface area contributed by atoms with E-state index in [1.165, 1.54) is 0 Å². The van der Waals surface area contributed by atoms with Gasteiger partial charge >= 0.3 is 5.97 Å². The van der Waals surface area contributed by atoms with Gasteiger partial charge in [0.1, 0.15) is 0 Å². The molecule has 0 fully saturated rings. The van der Waals surface area contributed by atoms with Gasteiger partial charge in [0.2, 0.25) is 0 Å². The van der Waals surface area contributed by atoms with Crippen molar-refractivity contribution >= 4 is 18.4 Å². The monoisotopic (exact) mass is 237 g/mol. The second kappa shape index (κ2) is 13.5. The van der Waals surface area contributed by atoms with Gasteiger partial charge in [-0.05, 0) is 34.0 Å². The number of halogens is 1. The molecule has 0 aromatic rings. The van der Waals surface area contributed by atoms with E-state index < -0.39 is 0 Å². The average Bonchev–Trinajstić information content (AvgIpc) is 2.18. The summed E-state index contributed by atoms with van der Waals surface area (Å²) < 4.78 is 4.56. The Hall–Kier alpha value is -0.540. The zero-order valence-corrected chi connectivity index (χ0v) is 11.3. The second-order valence-electron chi connectivity index (χ2n) is 2.99. The summed E-state index contributed by atoms with van der Waals surface area (Å²) >= 11 is 0. The summed E-state index contributed by atoms with van der Waals surface area (Å²) in [5.74, 6) is -0.312. The molecular formula is C11H24ClNO2. The number of ether oxygens (including phenoxy) is 1. The van der Waals surface area contributed by atoms with Gasteiger partial charge in [-0.25, -0.2) is 4.79 Å². The van der Waals surface area contributed by atoms with Crippen LogP contribution in [0.2, 0.25) is 0 Å². The van der Waals surface area contributed by atoms with Gasteiger partial charge in [-0.3, -0.25) is 0 Å². The number of hydrogen-bond donors (Lipinski definition) is 0. The molecule has 0 bridgehead atoms. The predicted octanol–water partition coefficient (Wildman–Crippen LogP) is 2.51. The number of nitrogens with zero attached hydrogens (tertiary/aromatic N) is 1. The average molecular weight is 238 g/mol. The lowest BCUT2D eigenvalue weighted by molar-refractivity contribution is -0.138. The number of carbonyl (C=O) groups excluding carboxylic acids is 1. The van der Waals surface area contributed by atoms with Crippen molar-refractivity contribution < 1.29 is 9.53 Å². The molecule has 15 heavy (non-hydrogen) atoms. The lowest BCUT2D eigenvalue weighted by Crippen LogP contribution is -2.15. The third-order valence-corrected chi connectivity index (χ3v) is 1.70. The Bertz CT molecular complexity index is 168. The standard InChI is InChI=1S/C6H10O2.C5H13N.ClH/c1-4-8-6(7)5(2)3;1-4-6(3)5-2;/h2,4H2,1,3H3;4-5H2,1-3H3;1H. The van der Waals surface area contributed by atoms with Crippen LogP contribution in [0.15, 0.2) is 12.2 Å². The van der Waals surface area contributed by atoms with E-state index in [0.717, 1.165) is 13.1 Å². The molecule has 0 aromatic carbocycles. The van der Waals surface area contributed by atoms with Gasteiger partial charge in [-0.2, -0.15) is 0 Å². The van der Waals surface area contributed by atoms with Gasteiger partial charge in [0.05, 0.1) is 6.61 Å². The largest absolute Gasteiger partial charge is 0.463 e. The highest BCUT2D eigenvalue weighted by Gasteiger charge is 1.98. The molecular weight excluding hydrogens is 214 g/mol. The fraction of sp³-hybridized carbons (Fsp3) is 0.727. The summed E-state index contributed by atoms with van der Waals surface area (Å²) in [6.07, 6.45) is 0. The van der Waals surface area contributed by atoms with Gasteiger partial charge in [0.15, 0.2) is 0 Å². The normalized spacial score (nSPS) is 8.40. The van der Waals surface area contributed by atoms with Crippen molar-refractivity contribution in [1.82, 2.24) is 4.90 Å². The molecule has 3 nitrogen and oxygen atoms in total. The van der Waals surface area contributed by atoms with E-state index in [1.807, 2.05) is 0 Å². The maximum atomic E-state index is 10.4. The SMILES string of the molecule is C=C(C)C(=O)OCC.CCN(C)CC.Cl. The van der Waals surface area contributed by atoms with Crippen molar-refractivity contribution in [1.29, 1.82) is 0 Å². The highest BCUT2D eigenvalue weighted by atomic mass is 35.5. The van der Waals surface area contributed by atoms with E-state index in [0.29, 0.717) is 12.2 Å². The van der Waals surface area contributed by atoms with Crippen LogP contribution in [0.5, 0.6) is 0 Å². The van der Waals surface area contributed by atoms with Gasteiger partial charge in [0, 0.05) is 5.57 Å². The molecule has 0 radical (unpaired) electrons. The summed E-state index contributed by atoms with van der Waals surface area (Å²) in [7, 11) is 2.11. The van der Waals surface area contributed by atoms with E-state index in [2.05, 4.69) is 37.1 Å². The zero-order valence-electron chi connectivity index (χ0n) is 10.5. The Labute approximate surface area is 99.9 Å². The number of hydrogen-bond acceptors (Lipinski definition) is 3. The molecule has 0 aliphatic carbocycles. The molecule has 0 saturated carbocycles. The molecule has 4 heteroatoms. The Balaban J connectivity index is -0.000000187. The smallest absolute Gasteiger partial charge is 0.333 e. The Morgan fingerprint density at radius 1 is 1.27 bits per heavy atom. The molecule has 0 spiro atoms. The molecule has 0 unspecified atom stereocenters. The van der Waals surface area contributed by atoms with Crippen LogP contribution in [0.3, 0.4) is 0 Å². The minimum Gasteiger partial charge on any atom is -0.463 e. The van der Waals surface area contributed by atoms with Crippen LogP contribution >= 0.6 is 12.4 Å². The van der Waals surface area contributed by atoms with Crippen molar-refractivity contribution in [2.45, 2.75) is 27.7 Å². The minimum absolute atomic E-state index is 0. The van der Waals surface area contributed by atoms with Gasteiger partial charge in [-0.15, -0.1) is 12.4 Å². The third-order valence-electron chi connectivity index (χ3n) is 1.70. The Kier molecular flexibility index (Phi) is 17.9. The van der Waals surface area contributed by atoms with Crippen LogP contribution in [0, 0.1) is 0 Å². The fourth-order valence-corrected chi connectivity index (χ4v) is 0.478. The Morgan fingerprint density at radius 3 is 1.73 bits per heavy atom. The second-order valence-corrected chi connectivity index (χ2v) is 2.99. The first kappa shape index (κ1) is 19.9. The molecule has 0 aliphatic rings. The summed E-state index contributed by atoms with van der Waals surface area (Å²) in [4.78, 5) is 12.7. The lowest BCUT2D eigenvalue weighted by atomic mass is 10.4. The number of rotatable bonds is 4. The van der Waals surface area contributed by atoms with E-state index in [-0.39, 0.29) is 18.4 Å². The molecule has 0 saturated heterocycles. The first-order valence-electron chi connectivity index (χ1n) is 5.00. The molecule has 0 heterocycles. The van der Waals surface area contributed by atoms with Crippen molar-refractivity contribution in [2.24, 2.45) is 0 Å². The summed E-state index contributed by atoms with van der Waals surface area (Å²) in [6.45, 7) is 13.8. The van der Waals surface area contributed by atoms with E-state index >= 15 is 0 Å². The van der Waals surface area contributed by atoms with Crippen molar-refractivity contribution in [3.63, 3.8) is 0 Å². The zero-order chi connectivity index (χ0) is 11.6. The quantitative estimate of drug-likeness (QED) is 0.556. The van der Waals surface area contributed by atoms with Crippen LogP contribution in [0.25, 0.3) is 0 Å². The van der Waals surface area contributed by atoms with Crippen LogP contribution < -0.4 is 0 Å². The third kappa shape index (κ3) is 16.2. The molecule has 0 aliphatic heterocycles. The van der Waals surface area contributed by atoms with Crippen molar-refractivity contribution in [2.75, 3.05) is 26.7 Å². The Morgan fingerprint density at radius 2 is 1.67 bits per heavy atom. The molecule has 0 atom stereocenters.